The van der Waals surface area contributed by atoms with E-state index in [1.54, 1.807) is 12.3 Å². The fraction of sp³-hybridized carbons (Fsp3) is 0. The quantitative estimate of drug-likeness (QED) is 0.380. The van der Waals surface area contributed by atoms with Crippen LogP contribution >= 0.6 is 0 Å². The summed E-state index contributed by atoms with van der Waals surface area (Å²) in [5, 5.41) is 3.26. The SMILES string of the molecule is O=C(/C=C/c1cccc2ncccc12)c1ccc2ccccc2c1. The molecule has 0 N–H and O–H groups in total. The first-order valence-electron chi connectivity index (χ1n) is 7.86. The minimum Gasteiger partial charge on any atom is -0.289 e. The Morgan fingerprint density at radius 1 is 0.833 bits per heavy atom. The maximum absolute atomic E-state index is 12.5. The Labute approximate surface area is 140 Å². The van der Waals surface area contributed by atoms with Crippen LogP contribution in [0.2, 0.25) is 0 Å². The molecule has 0 unspecified atom stereocenters. The third-order valence-electron chi connectivity index (χ3n) is 4.13. The van der Waals surface area contributed by atoms with Crippen molar-refractivity contribution >= 4 is 33.5 Å². The molecule has 0 amide bonds. The zero-order chi connectivity index (χ0) is 16.4. The van der Waals surface area contributed by atoms with E-state index in [-0.39, 0.29) is 5.78 Å². The third kappa shape index (κ3) is 2.70. The van der Waals surface area contributed by atoms with E-state index in [0.717, 1.165) is 27.2 Å². The topological polar surface area (TPSA) is 30.0 Å². The average molecular weight is 309 g/mol. The molecule has 4 aromatic rings. The number of hydrogen-bond acceptors (Lipinski definition) is 2. The second-order valence-corrected chi connectivity index (χ2v) is 5.68. The number of carbonyl (C=O) groups is 1. The molecule has 0 fully saturated rings. The molecule has 2 nitrogen and oxygen atoms in total. The zero-order valence-electron chi connectivity index (χ0n) is 13.0. The highest BCUT2D eigenvalue weighted by atomic mass is 16.1. The van der Waals surface area contributed by atoms with Crippen molar-refractivity contribution in [2.75, 3.05) is 0 Å². The van der Waals surface area contributed by atoms with Crippen LogP contribution in [0.15, 0.2) is 85.1 Å². The summed E-state index contributed by atoms with van der Waals surface area (Å²) >= 11 is 0. The predicted octanol–water partition coefficient (Wildman–Crippen LogP) is 5.28. The van der Waals surface area contributed by atoms with E-state index >= 15 is 0 Å². The van der Waals surface area contributed by atoms with Crippen molar-refractivity contribution in [1.29, 1.82) is 0 Å². The summed E-state index contributed by atoms with van der Waals surface area (Å²) in [6, 6.07) is 23.7. The van der Waals surface area contributed by atoms with E-state index in [1.165, 1.54) is 0 Å². The lowest BCUT2D eigenvalue weighted by atomic mass is 10.0. The second kappa shape index (κ2) is 6.09. The molecule has 0 saturated heterocycles. The Balaban J connectivity index is 1.68. The van der Waals surface area contributed by atoms with Crippen molar-refractivity contribution in [1.82, 2.24) is 4.98 Å². The lowest BCUT2D eigenvalue weighted by Gasteiger charge is -2.02. The summed E-state index contributed by atoms with van der Waals surface area (Å²) in [6.07, 6.45) is 5.27. The van der Waals surface area contributed by atoms with Crippen LogP contribution in [0.5, 0.6) is 0 Å². The zero-order valence-corrected chi connectivity index (χ0v) is 13.0. The van der Waals surface area contributed by atoms with Gasteiger partial charge in [0.25, 0.3) is 0 Å². The van der Waals surface area contributed by atoms with Crippen LogP contribution in [0.3, 0.4) is 0 Å². The van der Waals surface area contributed by atoms with Gasteiger partial charge >= 0.3 is 0 Å². The largest absolute Gasteiger partial charge is 0.289 e. The highest BCUT2D eigenvalue weighted by Gasteiger charge is 2.04. The highest BCUT2D eigenvalue weighted by Crippen LogP contribution is 2.19. The average Bonchev–Trinajstić information content (AvgIpc) is 2.65. The van der Waals surface area contributed by atoms with Gasteiger partial charge in [0.15, 0.2) is 5.78 Å². The molecule has 2 heteroatoms. The number of allylic oxidation sites excluding steroid dienone is 1. The van der Waals surface area contributed by atoms with Gasteiger partial charge in [0.05, 0.1) is 5.52 Å². The monoisotopic (exact) mass is 309 g/mol. The van der Waals surface area contributed by atoms with Crippen LogP contribution in [0.4, 0.5) is 0 Å². The van der Waals surface area contributed by atoms with Gasteiger partial charge in [0.2, 0.25) is 0 Å². The standard InChI is InChI=1S/C22H15NO/c24-22(19-11-10-16-5-1-2-6-18(16)15-19)13-12-17-7-3-9-21-20(17)8-4-14-23-21/h1-15H/b13-12+. The molecule has 3 aromatic carbocycles. The maximum atomic E-state index is 12.5. The number of aromatic nitrogens is 1. The minimum absolute atomic E-state index is 0.00152. The van der Waals surface area contributed by atoms with Crippen molar-refractivity contribution in [3.63, 3.8) is 0 Å². The smallest absolute Gasteiger partial charge is 0.185 e. The summed E-state index contributed by atoms with van der Waals surface area (Å²) < 4.78 is 0. The summed E-state index contributed by atoms with van der Waals surface area (Å²) in [5.41, 5.74) is 2.62. The van der Waals surface area contributed by atoms with Gasteiger partial charge in [-0.2, -0.15) is 0 Å². The van der Waals surface area contributed by atoms with Gasteiger partial charge < -0.3 is 0 Å². The molecule has 114 valence electrons. The molecular formula is C22H15NO. The van der Waals surface area contributed by atoms with Crippen molar-refractivity contribution < 1.29 is 4.79 Å². The minimum atomic E-state index is 0.00152. The Hall–Kier alpha value is -3.26. The molecule has 24 heavy (non-hydrogen) atoms. The Morgan fingerprint density at radius 3 is 2.62 bits per heavy atom. The van der Waals surface area contributed by atoms with E-state index < -0.39 is 0 Å². The van der Waals surface area contributed by atoms with E-state index in [1.807, 2.05) is 78.9 Å². The van der Waals surface area contributed by atoms with Crippen LogP contribution in [-0.4, -0.2) is 10.8 Å². The number of nitrogens with zero attached hydrogens (tertiary/aromatic N) is 1. The molecule has 0 aliphatic rings. The molecule has 0 atom stereocenters. The molecule has 0 spiro atoms. The van der Waals surface area contributed by atoms with Gasteiger partial charge in [-0.1, -0.05) is 60.7 Å². The van der Waals surface area contributed by atoms with Crippen LogP contribution in [0.1, 0.15) is 15.9 Å². The summed E-state index contributed by atoms with van der Waals surface area (Å²) in [7, 11) is 0. The Kier molecular flexibility index (Phi) is 3.64. The number of carbonyl (C=O) groups excluding carboxylic acids is 1. The summed E-state index contributed by atoms with van der Waals surface area (Å²) in [4.78, 5) is 16.8. The number of pyridine rings is 1. The molecule has 1 aromatic heterocycles. The van der Waals surface area contributed by atoms with E-state index in [4.69, 9.17) is 0 Å². The fourth-order valence-corrected chi connectivity index (χ4v) is 2.88. The predicted molar refractivity (Wildman–Crippen MR) is 99.1 cm³/mol. The molecule has 1 heterocycles. The van der Waals surface area contributed by atoms with Crippen LogP contribution in [0, 0.1) is 0 Å². The van der Waals surface area contributed by atoms with Crippen LogP contribution in [-0.2, 0) is 0 Å². The van der Waals surface area contributed by atoms with Gasteiger partial charge in [-0.25, -0.2) is 0 Å². The van der Waals surface area contributed by atoms with Crippen molar-refractivity contribution in [2.45, 2.75) is 0 Å². The summed E-state index contributed by atoms with van der Waals surface area (Å²) in [5.74, 6) is 0.00152. The van der Waals surface area contributed by atoms with Crippen molar-refractivity contribution in [3.8, 4) is 0 Å². The van der Waals surface area contributed by atoms with Gasteiger partial charge in [-0.3, -0.25) is 9.78 Å². The number of fused-ring (bicyclic) bond motifs is 2. The lowest BCUT2D eigenvalue weighted by Crippen LogP contribution is -1.94. The molecule has 0 bridgehead atoms. The normalized spacial score (nSPS) is 11.3. The fourth-order valence-electron chi connectivity index (χ4n) is 2.88. The van der Waals surface area contributed by atoms with E-state index in [9.17, 15) is 4.79 Å². The third-order valence-corrected chi connectivity index (χ3v) is 4.13. The van der Waals surface area contributed by atoms with E-state index in [2.05, 4.69) is 4.98 Å². The number of ketones is 1. The Bertz CT molecular complexity index is 1070. The lowest BCUT2D eigenvalue weighted by molar-refractivity contribution is 0.104. The number of hydrogen-bond donors (Lipinski definition) is 0. The van der Waals surface area contributed by atoms with Crippen molar-refractivity contribution in [2.24, 2.45) is 0 Å². The second-order valence-electron chi connectivity index (χ2n) is 5.68. The highest BCUT2D eigenvalue weighted by molar-refractivity contribution is 6.09. The van der Waals surface area contributed by atoms with Crippen molar-refractivity contribution in [3.05, 3.63) is 96.2 Å². The summed E-state index contributed by atoms with van der Waals surface area (Å²) in [6.45, 7) is 0. The molecule has 0 radical (unpaired) electrons. The number of rotatable bonds is 3. The molecule has 0 aliphatic heterocycles. The molecule has 0 aliphatic carbocycles. The Morgan fingerprint density at radius 2 is 1.71 bits per heavy atom. The van der Waals surface area contributed by atoms with Gasteiger partial charge in [0, 0.05) is 17.1 Å². The number of benzene rings is 3. The first-order chi connectivity index (χ1) is 11.8. The van der Waals surface area contributed by atoms with Gasteiger partial charge in [-0.05, 0) is 40.6 Å². The van der Waals surface area contributed by atoms with Gasteiger partial charge in [-0.15, -0.1) is 0 Å². The van der Waals surface area contributed by atoms with Gasteiger partial charge in [0.1, 0.15) is 0 Å². The van der Waals surface area contributed by atoms with Crippen LogP contribution < -0.4 is 0 Å². The van der Waals surface area contributed by atoms with Crippen LogP contribution in [0.25, 0.3) is 27.8 Å². The molecule has 0 saturated carbocycles. The first kappa shape index (κ1) is 14.3. The molecule has 4 rings (SSSR count). The molecular weight excluding hydrogens is 294 g/mol. The van der Waals surface area contributed by atoms with E-state index in [0.29, 0.717) is 5.56 Å². The maximum Gasteiger partial charge on any atom is 0.185 e. The first-order valence-corrected chi connectivity index (χ1v) is 7.86.